The standard InChI is InChI=1S/C13H17Cl2NO3S/c14-11-5-2-6-12(15)13(11)20(18,19)16-8-9-3-1-4-10(17)7-9/h2,5-6,9-10,16-17H,1,3-4,7-8H2. The third-order valence-electron chi connectivity index (χ3n) is 3.50. The molecule has 1 aliphatic carbocycles. The average Bonchev–Trinajstić information content (AvgIpc) is 2.36. The summed E-state index contributed by atoms with van der Waals surface area (Å²) >= 11 is 11.8. The van der Waals surface area contributed by atoms with E-state index in [1.165, 1.54) is 12.1 Å². The molecule has 0 saturated heterocycles. The van der Waals surface area contributed by atoms with Crippen LogP contribution < -0.4 is 4.72 Å². The summed E-state index contributed by atoms with van der Waals surface area (Å²) in [6.07, 6.45) is 2.91. The molecule has 0 amide bonds. The molecule has 2 unspecified atom stereocenters. The number of rotatable bonds is 4. The van der Waals surface area contributed by atoms with Crippen LogP contribution >= 0.6 is 23.2 Å². The van der Waals surface area contributed by atoms with E-state index in [-0.39, 0.29) is 27.0 Å². The van der Waals surface area contributed by atoms with E-state index in [2.05, 4.69) is 4.72 Å². The lowest BCUT2D eigenvalue weighted by atomic mass is 9.87. The zero-order valence-electron chi connectivity index (χ0n) is 10.9. The molecule has 112 valence electrons. The van der Waals surface area contributed by atoms with Crippen LogP contribution in [0.3, 0.4) is 0 Å². The molecular weight excluding hydrogens is 321 g/mol. The summed E-state index contributed by atoms with van der Waals surface area (Å²) in [5, 5.41) is 9.81. The van der Waals surface area contributed by atoms with Crippen LogP contribution in [0, 0.1) is 5.92 Å². The van der Waals surface area contributed by atoms with E-state index >= 15 is 0 Å². The van der Waals surface area contributed by atoms with Gasteiger partial charge in [0.05, 0.1) is 16.1 Å². The van der Waals surface area contributed by atoms with Gasteiger partial charge in [0.25, 0.3) is 0 Å². The first kappa shape index (κ1) is 16.0. The smallest absolute Gasteiger partial charge is 0.243 e. The Balaban J connectivity index is 2.08. The quantitative estimate of drug-likeness (QED) is 0.887. The van der Waals surface area contributed by atoms with Gasteiger partial charge in [0.2, 0.25) is 10.0 Å². The van der Waals surface area contributed by atoms with Crippen LogP contribution in [0.15, 0.2) is 23.1 Å². The predicted molar refractivity (Wildman–Crippen MR) is 79.6 cm³/mol. The molecule has 0 aliphatic heterocycles. The Labute approximate surface area is 129 Å². The summed E-state index contributed by atoms with van der Waals surface area (Å²) in [5.74, 6) is 0.148. The van der Waals surface area contributed by atoms with Crippen molar-refractivity contribution in [1.29, 1.82) is 0 Å². The van der Waals surface area contributed by atoms with Gasteiger partial charge in [-0.05, 0) is 37.3 Å². The molecule has 0 heterocycles. The van der Waals surface area contributed by atoms with E-state index in [1.807, 2.05) is 0 Å². The van der Waals surface area contributed by atoms with Crippen LogP contribution in [0.2, 0.25) is 10.0 Å². The minimum Gasteiger partial charge on any atom is -0.393 e. The Morgan fingerprint density at radius 2 is 1.90 bits per heavy atom. The molecule has 2 N–H and O–H groups in total. The lowest BCUT2D eigenvalue weighted by molar-refractivity contribution is 0.102. The average molecular weight is 338 g/mol. The van der Waals surface area contributed by atoms with E-state index in [4.69, 9.17) is 23.2 Å². The summed E-state index contributed by atoms with van der Waals surface area (Å²) in [7, 11) is -3.73. The highest BCUT2D eigenvalue weighted by Gasteiger charge is 2.25. The molecule has 4 nitrogen and oxygen atoms in total. The maximum atomic E-state index is 12.3. The van der Waals surface area contributed by atoms with Gasteiger partial charge in [-0.1, -0.05) is 35.7 Å². The zero-order valence-corrected chi connectivity index (χ0v) is 13.2. The van der Waals surface area contributed by atoms with Gasteiger partial charge in [0, 0.05) is 6.54 Å². The van der Waals surface area contributed by atoms with Gasteiger partial charge in [-0.15, -0.1) is 0 Å². The van der Waals surface area contributed by atoms with Crippen LogP contribution in [0.1, 0.15) is 25.7 Å². The first-order valence-corrected chi connectivity index (χ1v) is 8.76. The second kappa shape index (κ2) is 6.62. The summed E-state index contributed by atoms with van der Waals surface area (Å²) in [6, 6.07) is 4.58. The third-order valence-corrected chi connectivity index (χ3v) is 5.88. The number of hydrogen-bond donors (Lipinski definition) is 2. The molecule has 7 heteroatoms. The molecule has 1 aliphatic rings. The summed E-state index contributed by atoms with van der Waals surface area (Å²) in [4.78, 5) is -0.0836. The highest BCUT2D eigenvalue weighted by molar-refractivity contribution is 7.89. The Hall–Kier alpha value is -0.330. The normalized spacial score (nSPS) is 23.8. The van der Waals surface area contributed by atoms with Crippen LogP contribution in [0.4, 0.5) is 0 Å². The van der Waals surface area contributed by atoms with Crippen molar-refractivity contribution >= 4 is 33.2 Å². The van der Waals surface area contributed by atoms with Gasteiger partial charge < -0.3 is 5.11 Å². The molecule has 1 aromatic carbocycles. The van der Waals surface area contributed by atoms with Crippen LogP contribution in [-0.2, 0) is 10.0 Å². The molecule has 0 spiro atoms. The fourth-order valence-corrected chi connectivity index (χ4v) is 4.74. The fourth-order valence-electron chi connectivity index (χ4n) is 2.49. The highest BCUT2D eigenvalue weighted by atomic mass is 35.5. The van der Waals surface area contributed by atoms with E-state index in [9.17, 15) is 13.5 Å². The monoisotopic (exact) mass is 337 g/mol. The largest absolute Gasteiger partial charge is 0.393 e. The summed E-state index contributed by atoms with van der Waals surface area (Å²) < 4.78 is 27.1. The van der Waals surface area contributed by atoms with Crippen molar-refractivity contribution in [2.24, 2.45) is 5.92 Å². The Morgan fingerprint density at radius 3 is 2.50 bits per heavy atom. The van der Waals surface area contributed by atoms with E-state index in [0.29, 0.717) is 13.0 Å². The topological polar surface area (TPSA) is 66.4 Å². The number of aliphatic hydroxyl groups is 1. The first-order valence-electron chi connectivity index (χ1n) is 6.52. The highest BCUT2D eigenvalue weighted by Crippen LogP contribution is 2.29. The lowest BCUT2D eigenvalue weighted by Crippen LogP contribution is -2.33. The Morgan fingerprint density at radius 1 is 1.25 bits per heavy atom. The number of hydrogen-bond acceptors (Lipinski definition) is 3. The van der Waals surface area contributed by atoms with Gasteiger partial charge in [-0.25, -0.2) is 13.1 Å². The second-order valence-electron chi connectivity index (χ2n) is 5.09. The predicted octanol–water partition coefficient (Wildman–Crippen LogP) is 2.82. The lowest BCUT2D eigenvalue weighted by Gasteiger charge is -2.26. The number of halogens is 2. The van der Waals surface area contributed by atoms with Crippen LogP contribution in [-0.4, -0.2) is 26.2 Å². The molecule has 1 aromatic rings. The van der Waals surface area contributed by atoms with Gasteiger partial charge >= 0.3 is 0 Å². The Bertz CT molecular complexity index is 557. The van der Waals surface area contributed by atoms with Gasteiger partial charge in [-0.2, -0.15) is 0 Å². The minimum absolute atomic E-state index is 0.0836. The van der Waals surface area contributed by atoms with E-state index in [1.54, 1.807) is 6.07 Å². The van der Waals surface area contributed by atoms with Crippen molar-refractivity contribution in [2.75, 3.05) is 6.54 Å². The summed E-state index contributed by atoms with van der Waals surface area (Å²) in [6.45, 7) is 0.293. The van der Waals surface area contributed by atoms with E-state index < -0.39 is 10.0 Å². The minimum atomic E-state index is -3.73. The molecule has 20 heavy (non-hydrogen) atoms. The van der Waals surface area contributed by atoms with Crippen molar-refractivity contribution in [2.45, 2.75) is 36.7 Å². The fraction of sp³-hybridized carbons (Fsp3) is 0.538. The number of benzene rings is 1. The molecule has 0 aromatic heterocycles. The van der Waals surface area contributed by atoms with E-state index in [0.717, 1.165) is 19.3 Å². The molecular formula is C13H17Cl2NO3S. The second-order valence-corrected chi connectivity index (χ2v) is 7.61. The number of aliphatic hydroxyl groups excluding tert-OH is 1. The zero-order chi connectivity index (χ0) is 14.8. The molecule has 1 saturated carbocycles. The van der Waals surface area contributed by atoms with Crippen LogP contribution in [0.25, 0.3) is 0 Å². The maximum Gasteiger partial charge on any atom is 0.243 e. The Kier molecular flexibility index (Phi) is 5.31. The molecule has 0 radical (unpaired) electrons. The first-order chi connectivity index (χ1) is 9.40. The van der Waals surface area contributed by atoms with Crippen molar-refractivity contribution in [1.82, 2.24) is 4.72 Å². The van der Waals surface area contributed by atoms with Gasteiger partial charge in [0.15, 0.2) is 0 Å². The number of sulfonamides is 1. The molecule has 0 bridgehead atoms. The maximum absolute atomic E-state index is 12.3. The molecule has 2 atom stereocenters. The van der Waals surface area contributed by atoms with Crippen molar-refractivity contribution < 1.29 is 13.5 Å². The van der Waals surface area contributed by atoms with Crippen molar-refractivity contribution in [3.63, 3.8) is 0 Å². The van der Waals surface area contributed by atoms with Crippen molar-refractivity contribution in [3.05, 3.63) is 28.2 Å². The SMILES string of the molecule is O=S(=O)(NCC1CCCC(O)C1)c1c(Cl)cccc1Cl. The van der Waals surface area contributed by atoms with Crippen LogP contribution in [0.5, 0.6) is 0 Å². The number of nitrogens with one attached hydrogen (secondary N) is 1. The van der Waals surface area contributed by atoms with Gasteiger partial charge in [0.1, 0.15) is 4.90 Å². The van der Waals surface area contributed by atoms with Gasteiger partial charge in [-0.3, -0.25) is 0 Å². The molecule has 1 fully saturated rings. The summed E-state index contributed by atoms with van der Waals surface area (Å²) in [5.41, 5.74) is 0. The third kappa shape index (κ3) is 3.86. The molecule has 2 rings (SSSR count). The van der Waals surface area contributed by atoms with Crippen molar-refractivity contribution in [3.8, 4) is 0 Å².